The van der Waals surface area contributed by atoms with Crippen molar-refractivity contribution in [2.45, 2.75) is 43.8 Å². The van der Waals surface area contributed by atoms with Crippen LogP contribution in [0.4, 0.5) is 0 Å². The van der Waals surface area contributed by atoms with Crippen molar-refractivity contribution in [2.75, 3.05) is 12.4 Å². The Balaban J connectivity index is 1.71. The summed E-state index contributed by atoms with van der Waals surface area (Å²) in [6.07, 6.45) is 4.11. The van der Waals surface area contributed by atoms with E-state index in [-0.39, 0.29) is 6.29 Å². The summed E-state index contributed by atoms with van der Waals surface area (Å²) in [6.45, 7) is 2.72. The SMILES string of the molecule is CCO[C@H]1CSc2c3ccc(c2O1)CCc1ccc(cc1)CC3. The van der Waals surface area contributed by atoms with Gasteiger partial charge in [-0.05, 0) is 54.9 Å². The lowest BCUT2D eigenvalue weighted by atomic mass is 9.96. The zero-order chi connectivity index (χ0) is 15.6. The van der Waals surface area contributed by atoms with Crippen LogP contribution in [-0.2, 0) is 30.4 Å². The van der Waals surface area contributed by atoms with Gasteiger partial charge in [0.15, 0.2) is 0 Å². The molecule has 0 aromatic heterocycles. The van der Waals surface area contributed by atoms with Crippen molar-refractivity contribution in [1.82, 2.24) is 0 Å². The molecule has 2 aromatic carbocycles. The van der Waals surface area contributed by atoms with Crippen LogP contribution in [-0.4, -0.2) is 18.6 Å². The molecule has 1 heterocycles. The average molecular weight is 326 g/mol. The number of hydrogen-bond donors (Lipinski definition) is 0. The molecule has 0 saturated heterocycles. The fourth-order valence-electron chi connectivity index (χ4n) is 3.34. The largest absolute Gasteiger partial charge is 0.463 e. The first kappa shape index (κ1) is 15.1. The van der Waals surface area contributed by atoms with Gasteiger partial charge in [0.1, 0.15) is 5.75 Å². The maximum absolute atomic E-state index is 6.22. The molecule has 5 aliphatic rings. The van der Waals surface area contributed by atoms with Crippen LogP contribution in [0.2, 0.25) is 0 Å². The summed E-state index contributed by atoms with van der Waals surface area (Å²) in [5.41, 5.74) is 5.54. The van der Waals surface area contributed by atoms with Crippen molar-refractivity contribution in [1.29, 1.82) is 0 Å². The van der Waals surface area contributed by atoms with Gasteiger partial charge in [0, 0.05) is 6.61 Å². The summed E-state index contributed by atoms with van der Waals surface area (Å²) in [5, 5.41) is 0. The van der Waals surface area contributed by atoms with Gasteiger partial charge < -0.3 is 9.47 Å². The molecule has 3 heteroatoms. The Morgan fingerprint density at radius 3 is 2.30 bits per heavy atom. The number of aryl methyl sites for hydroxylation is 4. The Morgan fingerprint density at radius 1 is 0.957 bits per heavy atom. The second kappa shape index (κ2) is 6.58. The van der Waals surface area contributed by atoms with Gasteiger partial charge in [-0.3, -0.25) is 0 Å². The van der Waals surface area contributed by atoms with Gasteiger partial charge in [0.25, 0.3) is 0 Å². The van der Waals surface area contributed by atoms with Crippen LogP contribution < -0.4 is 4.74 Å². The summed E-state index contributed by atoms with van der Waals surface area (Å²) < 4.78 is 11.9. The molecule has 1 aliphatic heterocycles. The number of rotatable bonds is 2. The lowest BCUT2D eigenvalue weighted by Crippen LogP contribution is -2.27. The minimum absolute atomic E-state index is 0.113. The van der Waals surface area contributed by atoms with Crippen molar-refractivity contribution in [3.05, 3.63) is 58.7 Å². The third-order valence-electron chi connectivity index (χ3n) is 4.63. The van der Waals surface area contributed by atoms with Crippen LogP contribution >= 0.6 is 11.8 Å². The Labute approximate surface area is 142 Å². The summed E-state index contributed by atoms with van der Waals surface area (Å²) in [7, 11) is 0. The Hall–Kier alpha value is -1.45. The highest BCUT2D eigenvalue weighted by Gasteiger charge is 2.25. The molecule has 2 nitrogen and oxygen atoms in total. The van der Waals surface area contributed by atoms with Crippen LogP contribution in [0.1, 0.15) is 29.2 Å². The Kier molecular flexibility index (Phi) is 4.32. The van der Waals surface area contributed by atoms with Gasteiger partial charge in [-0.15, -0.1) is 11.8 Å². The van der Waals surface area contributed by atoms with Crippen LogP contribution in [0, 0.1) is 0 Å². The normalized spacial score (nSPS) is 19.6. The molecule has 120 valence electrons. The average Bonchev–Trinajstić information content (AvgIpc) is 2.57. The van der Waals surface area contributed by atoms with Crippen LogP contribution in [0.15, 0.2) is 41.3 Å². The predicted molar refractivity (Wildman–Crippen MR) is 94.5 cm³/mol. The van der Waals surface area contributed by atoms with E-state index in [9.17, 15) is 0 Å². The predicted octanol–water partition coefficient (Wildman–Crippen LogP) is 4.42. The van der Waals surface area contributed by atoms with E-state index in [1.807, 2.05) is 18.7 Å². The van der Waals surface area contributed by atoms with Crippen molar-refractivity contribution in [3.63, 3.8) is 0 Å². The molecule has 1 atom stereocenters. The Bertz CT molecular complexity index is 694. The third kappa shape index (κ3) is 3.13. The lowest BCUT2D eigenvalue weighted by molar-refractivity contribution is -0.0620. The highest BCUT2D eigenvalue weighted by Crippen LogP contribution is 2.42. The molecule has 0 saturated carbocycles. The van der Waals surface area contributed by atoms with Gasteiger partial charge in [-0.25, -0.2) is 0 Å². The minimum Gasteiger partial charge on any atom is -0.463 e. The van der Waals surface area contributed by atoms with Crippen molar-refractivity contribution >= 4 is 11.8 Å². The zero-order valence-electron chi connectivity index (χ0n) is 13.5. The summed E-state index contributed by atoms with van der Waals surface area (Å²) in [5.74, 6) is 1.96. The zero-order valence-corrected chi connectivity index (χ0v) is 14.3. The number of ether oxygens (including phenoxy) is 2. The maximum Gasteiger partial charge on any atom is 0.209 e. The van der Waals surface area contributed by atoms with Gasteiger partial charge in [0.05, 0.1) is 10.6 Å². The van der Waals surface area contributed by atoms with Crippen LogP contribution in [0.5, 0.6) is 5.75 Å². The first-order chi connectivity index (χ1) is 11.3. The van der Waals surface area contributed by atoms with Crippen molar-refractivity contribution < 1.29 is 9.47 Å². The first-order valence-electron chi connectivity index (χ1n) is 8.47. The van der Waals surface area contributed by atoms with Gasteiger partial charge in [-0.1, -0.05) is 36.4 Å². The van der Waals surface area contributed by atoms with Crippen molar-refractivity contribution in [3.8, 4) is 5.75 Å². The molecule has 4 aliphatic carbocycles. The number of benzene rings is 2. The molecule has 0 fully saturated rings. The molecular weight excluding hydrogens is 304 g/mol. The monoisotopic (exact) mass is 326 g/mol. The molecule has 0 spiro atoms. The third-order valence-corrected chi connectivity index (χ3v) is 5.80. The van der Waals surface area contributed by atoms with E-state index in [0.29, 0.717) is 6.61 Å². The molecule has 0 N–H and O–H groups in total. The summed E-state index contributed by atoms with van der Waals surface area (Å²) in [4.78, 5) is 1.34. The van der Waals surface area contributed by atoms with E-state index in [1.165, 1.54) is 27.1 Å². The minimum atomic E-state index is -0.113. The fraction of sp³-hybridized carbons (Fsp3) is 0.400. The maximum atomic E-state index is 6.22. The number of thioether (sulfide) groups is 1. The molecule has 2 aromatic rings. The second-order valence-electron chi connectivity index (χ2n) is 6.17. The standard InChI is InChI=1S/C20H22O2S/c1-2-21-18-13-23-20-17-10-8-15-5-3-14(4-6-15)7-9-16(11-12-17)19(20)22-18/h3-6,11-12,18H,2,7-10,13H2,1H3/t18-/m1/s1. The van der Waals surface area contributed by atoms with E-state index in [0.717, 1.165) is 37.2 Å². The topological polar surface area (TPSA) is 18.5 Å². The van der Waals surface area contributed by atoms with Gasteiger partial charge >= 0.3 is 0 Å². The highest BCUT2D eigenvalue weighted by atomic mass is 32.2. The molecule has 7 rings (SSSR count). The molecule has 23 heavy (non-hydrogen) atoms. The summed E-state index contributed by atoms with van der Waals surface area (Å²) >= 11 is 1.90. The first-order valence-corrected chi connectivity index (χ1v) is 9.45. The molecule has 4 bridgehead atoms. The summed E-state index contributed by atoms with van der Waals surface area (Å²) in [6, 6.07) is 13.7. The highest BCUT2D eigenvalue weighted by molar-refractivity contribution is 7.99. The molecule has 0 radical (unpaired) electrons. The van der Waals surface area contributed by atoms with E-state index in [2.05, 4.69) is 36.4 Å². The van der Waals surface area contributed by atoms with Gasteiger partial charge in [0.2, 0.25) is 6.29 Å². The lowest BCUT2D eigenvalue weighted by Gasteiger charge is -2.29. The smallest absolute Gasteiger partial charge is 0.209 e. The molecule has 0 unspecified atom stereocenters. The van der Waals surface area contributed by atoms with Gasteiger partial charge in [-0.2, -0.15) is 0 Å². The Morgan fingerprint density at radius 2 is 1.61 bits per heavy atom. The fourth-order valence-corrected chi connectivity index (χ4v) is 4.47. The van der Waals surface area contributed by atoms with Crippen molar-refractivity contribution in [2.24, 2.45) is 0 Å². The second-order valence-corrected chi connectivity index (χ2v) is 7.20. The van der Waals surface area contributed by atoms with E-state index in [1.54, 1.807) is 0 Å². The molecule has 0 amide bonds. The quantitative estimate of drug-likeness (QED) is 0.814. The van der Waals surface area contributed by atoms with E-state index < -0.39 is 0 Å². The molecular formula is C20H22O2S. The number of hydrogen-bond acceptors (Lipinski definition) is 3. The van der Waals surface area contributed by atoms with E-state index >= 15 is 0 Å². The van der Waals surface area contributed by atoms with Crippen LogP contribution in [0.25, 0.3) is 0 Å². The van der Waals surface area contributed by atoms with E-state index in [4.69, 9.17) is 9.47 Å². The van der Waals surface area contributed by atoms with Crippen LogP contribution in [0.3, 0.4) is 0 Å².